The zero-order valence-electron chi connectivity index (χ0n) is 27.7. The van der Waals surface area contributed by atoms with Crippen molar-refractivity contribution in [3.8, 4) is 0 Å². The minimum atomic E-state index is -1.07. The number of aliphatic hydroxyl groups excluding tert-OH is 1. The van der Waals surface area contributed by atoms with E-state index in [4.69, 9.17) is 0 Å². The first kappa shape index (κ1) is 39.6. The van der Waals surface area contributed by atoms with E-state index in [9.17, 15) is 29.1 Å². The van der Waals surface area contributed by atoms with Gasteiger partial charge in [-0.3, -0.25) is 24.0 Å². The third-order valence-electron chi connectivity index (χ3n) is 8.02. The Labute approximate surface area is 268 Å². The van der Waals surface area contributed by atoms with Crippen LogP contribution in [-0.4, -0.2) is 97.6 Å². The van der Waals surface area contributed by atoms with Crippen molar-refractivity contribution in [1.29, 1.82) is 0 Å². The highest BCUT2D eigenvalue weighted by Crippen LogP contribution is 2.34. The lowest BCUT2D eigenvalue weighted by atomic mass is 9.93. The number of thioether (sulfide) groups is 1. The van der Waals surface area contributed by atoms with Gasteiger partial charge in [-0.25, -0.2) is 0 Å². The zero-order chi connectivity index (χ0) is 33.1. The average molecular weight is 643 g/mol. The smallest absolute Gasteiger partial charge is 0.243 e. The summed E-state index contributed by atoms with van der Waals surface area (Å²) in [4.78, 5) is 62.4. The molecule has 1 heterocycles. The molecule has 0 radical (unpaired) electrons. The molecule has 1 aliphatic heterocycles. The number of hydrogen-bond acceptors (Lipinski definition) is 8. The van der Waals surface area contributed by atoms with Crippen LogP contribution in [0, 0.1) is 11.3 Å². The van der Waals surface area contributed by atoms with E-state index in [1.807, 2.05) is 18.8 Å². The van der Waals surface area contributed by atoms with Crippen LogP contribution in [0.2, 0.25) is 0 Å². The Morgan fingerprint density at radius 3 is 2.11 bits per heavy atom. The van der Waals surface area contributed by atoms with Gasteiger partial charge in [0.2, 0.25) is 29.5 Å². The predicted octanol–water partition coefficient (Wildman–Crippen LogP) is 1.21. The molecule has 1 aliphatic rings. The molecule has 7 N–H and O–H groups in total. The van der Waals surface area contributed by atoms with E-state index < -0.39 is 29.3 Å². The van der Waals surface area contributed by atoms with Gasteiger partial charge in [0.25, 0.3) is 0 Å². The summed E-state index contributed by atoms with van der Waals surface area (Å²) in [5.74, 6) is 0.267. The molecule has 12 nitrogen and oxygen atoms in total. The van der Waals surface area contributed by atoms with Crippen molar-refractivity contribution in [2.45, 2.75) is 115 Å². The van der Waals surface area contributed by atoms with Crippen LogP contribution in [0.5, 0.6) is 0 Å². The van der Waals surface area contributed by atoms with Gasteiger partial charge in [-0.2, -0.15) is 11.8 Å². The molecule has 1 fully saturated rings. The lowest BCUT2D eigenvalue weighted by molar-refractivity contribution is -0.136. The van der Waals surface area contributed by atoms with Crippen LogP contribution in [0.1, 0.15) is 91.9 Å². The quantitative estimate of drug-likeness (QED) is 0.0862. The van der Waals surface area contributed by atoms with Crippen molar-refractivity contribution in [3.05, 3.63) is 0 Å². The summed E-state index contributed by atoms with van der Waals surface area (Å²) in [6.45, 7) is 7.79. The molecular formula is C31H58N6O6S. The maximum absolute atomic E-state index is 13.2. The van der Waals surface area contributed by atoms with Crippen LogP contribution in [0.4, 0.5) is 0 Å². The standard InChI is InChI=1S/C31H58N6O6S/c1-21-19-44-25(27(21)35-22(2)39)15-7-8-16-26(40)34-18-12-10-14-24(37-30(43)31(3,4)20-38)29(42)36-23(28(41)33-6)13-9-11-17-32-5/h21,23-25,27,32,38H,7-20H2,1-6H3,(H,33,41)(H,34,40)(H,35,39)(H,36,42)(H,37,43). The van der Waals surface area contributed by atoms with Crippen LogP contribution >= 0.6 is 11.8 Å². The van der Waals surface area contributed by atoms with E-state index in [0.717, 1.165) is 44.4 Å². The van der Waals surface area contributed by atoms with Crippen LogP contribution in [0.25, 0.3) is 0 Å². The Morgan fingerprint density at radius 2 is 1.52 bits per heavy atom. The number of carbonyl (C=O) groups excluding carboxylic acids is 5. The number of aliphatic hydroxyl groups is 1. The number of likely N-dealkylation sites (N-methyl/N-ethyl adjacent to an activating group) is 1. The Morgan fingerprint density at radius 1 is 0.886 bits per heavy atom. The van der Waals surface area contributed by atoms with E-state index >= 15 is 0 Å². The third-order valence-corrected chi connectivity index (χ3v) is 9.70. The molecule has 0 saturated carbocycles. The fourth-order valence-corrected chi connectivity index (χ4v) is 6.70. The second-order valence-electron chi connectivity index (χ2n) is 12.5. The molecule has 254 valence electrons. The molecule has 5 amide bonds. The molecule has 0 bridgehead atoms. The van der Waals surface area contributed by atoms with Crippen molar-refractivity contribution in [3.63, 3.8) is 0 Å². The minimum Gasteiger partial charge on any atom is -0.395 e. The maximum atomic E-state index is 13.2. The summed E-state index contributed by atoms with van der Waals surface area (Å²) in [7, 11) is 3.37. The number of carbonyl (C=O) groups is 5. The molecule has 5 atom stereocenters. The first-order valence-electron chi connectivity index (χ1n) is 16.1. The first-order chi connectivity index (χ1) is 20.9. The Balaban J connectivity index is 2.54. The monoisotopic (exact) mass is 642 g/mol. The fourth-order valence-electron chi connectivity index (χ4n) is 5.06. The molecule has 0 aromatic carbocycles. The molecule has 5 unspecified atom stereocenters. The molecule has 1 rings (SSSR count). The van der Waals surface area contributed by atoms with Crippen LogP contribution in [-0.2, 0) is 24.0 Å². The SMILES string of the molecule is CNCCCCC(NC(=O)C(CCCCNC(=O)CCCCC1SCC(C)C1NC(C)=O)NC(=O)C(C)(C)CO)C(=O)NC. The van der Waals surface area contributed by atoms with Crippen molar-refractivity contribution >= 4 is 41.3 Å². The summed E-state index contributed by atoms with van der Waals surface area (Å²) in [5.41, 5.74) is -1.07. The Kier molecular flexibility index (Phi) is 19.3. The van der Waals surface area contributed by atoms with E-state index in [1.54, 1.807) is 20.8 Å². The predicted molar refractivity (Wildman–Crippen MR) is 175 cm³/mol. The van der Waals surface area contributed by atoms with E-state index in [-0.39, 0.29) is 30.4 Å². The van der Waals surface area contributed by atoms with Gasteiger partial charge in [0.05, 0.1) is 12.0 Å². The zero-order valence-corrected chi connectivity index (χ0v) is 28.5. The van der Waals surface area contributed by atoms with Gasteiger partial charge >= 0.3 is 0 Å². The maximum Gasteiger partial charge on any atom is 0.243 e. The number of unbranched alkanes of at least 4 members (excludes halogenated alkanes) is 3. The van der Waals surface area contributed by atoms with Crippen molar-refractivity contribution in [2.24, 2.45) is 11.3 Å². The first-order valence-corrected chi connectivity index (χ1v) is 17.1. The van der Waals surface area contributed by atoms with E-state index in [2.05, 4.69) is 38.8 Å². The second-order valence-corrected chi connectivity index (χ2v) is 13.8. The highest BCUT2D eigenvalue weighted by Gasteiger charge is 2.34. The van der Waals surface area contributed by atoms with Gasteiger partial charge < -0.3 is 37.0 Å². The van der Waals surface area contributed by atoms with E-state index in [1.165, 1.54) is 7.05 Å². The Bertz CT molecular complexity index is 920. The lowest BCUT2D eigenvalue weighted by Crippen LogP contribution is -2.55. The number of hydrogen-bond donors (Lipinski definition) is 7. The van der Waals surface area contributed by atoms with Crippen LogP contribution in [0.15, 0.2) is 0 Å². The highest BCUT2D eigenvalue weighted by atomic mass is 32.2. The van der Waals surface area contributed by atoms with Gasteiger partial charge in [0, 0.05) is 38.2 Å². The number of nitrogens with one attached hydrogen (secondary N) is 6. The highest BCUT2D eigenvalue weighted by molar-refractivity contribution is 8.00. The summed E-state index contributed by atoms with van der Waals surface area (Å²) in [6, 6.07) is -1.42. The third kappa shape index (κ3) is 15.1. The largest absolute Gasteiger partial charge is 0.395 e. The lowest BCUT2D eigenvalue weighted by Gasteiger charge is -2.27. The van der Waals surface area contributed by atoms with Gasteiger partial charge in [-0.15, -0.1) is 0 Å². The molecule has 13 heteroatoms. The Hall–Kier alpha value is -2.38. The van der Waals surface area contributed by atoms with Gasteiger partial charge in [-0.05, 0) is 90.5 Å². The van der Waals surface area contributed by atoms with Crippen LogP contribution in [0.3, 0.4) is 0 Å². The molecule has 0 spiro atoms. The van der Waals surface area contributed by atoms with Crippen LogP contribution < -0.4 is 31.9 Å². The summed E-state index contributed by atoms with van der Waals surface area (Å²) < 4.78 is 0. The van der Waals surface area contributed by atoms with Gasteiger partial charge in [0.1, 0.15) is 12.1 Å². The second kappa shape index (κ2) is 21.4. The molecule has 0 aliphatic carbocycles. The van der Waals surface area contributed by atoms with E-state index in [0.29, 0.717) is 49.8 Å². The van der Waals surface area contributed by atoms with Gasteiger partial charge in [-0.1, -0.05) is 13.3 Å². The van der Waals surface area contributed by atoms with Gasteiger partial charge in [0.15, 0.2) is 0 Å². The topological polar surface area (TPSA) is 178 Å². The number of rotatable bonds is 22. The van der Waals surface area contributed by atoms with Crippen molar-refractivity contribution < 1.29 is 29.1 Å². The molecule has 1 saturated heterocycles. The molecular weight excluding hydrogens is 584 g/mol. The summed E-state index contributed by atoms with van der Waals surface area (Å²) in [6.07, 6.45) is 6.66. The van der Waals surface area contributed by atoms with Crippen molar-refractivity contribution in [2.75, 3.05) is 39.5 Å². The fraction of sp³-hybridized carbons (Fsp3) is 0.839. The normalized spacial score (nSPS) is 19.5. The number of amides is 5. The molecule has 44 heavy (non-hydrogen) atoms. The van der Waals surface area contributed by atoms with Crippen molar-refractivity contribution in [1.82, 2.24) is 31.9 Å². The average Bonchev–Trinajstić information content (AvgIpc) is 3.32. The molecule has 0 aromatic heterocycles. The summed E-state index contributed by atoms with van der Waals surface area (Å²) >= 11 is 1.90. The molecule has 0 aromatic rings. The summed E-state index contributed by atoms with van der Waals surface area (Å²) in [5, 5.41) is 27.2. The minimum absolute atomic E-state index is 0.000842.